The number of hydrogen-bond donors (Lipinski definition) is 3. The van der Waals surface area contributed by atoms with Crippen molar-refractivity contribution in [1.29, 1.82) is 0 Å². The lowest BCUT2D eigenvalue weighted by molar-refractivity contribution is 0.0691. The molecule has 0 aliphatic carbocycles. The minimum Gasteiger partial charge on any atom is -0.477 e. The van der Waals surface area contributed by atoms with E-state index in [-0.39, 0.29) is 16.3 Å². The molecule has 1 heterocycles. The summed E-state index contributed by atoms with van der Waals surface area (Å²) >= 11 is 0. The van der Waals surface area contributed by atoms with Gasteiger partial charge in [0.15, 0.2) is 11.6 Å². The predicted octanol–water partition coefficient (Wildman–Crippen LogP) is 1.79. The number of anilines is 1. The minimum absolute atomic E-state index is 0.179. The number of aromatic carboxylic acids is 1. The summed E-state index contributed by atoms with van der Waals surface area (Å²) in [4.78, 5) is 12.6. The van der Waals surface area contributed by atoms with Gasteiger partial charge in [-0.2, -0.15) is 0 Å². The van der Waals surface area contributed by atoms with Crippen molar-refractivity contribution in [2.75, 3.05) is 4.72 Å². The van der Waals surface area contributed by atoms with Gasteiger partial charge in [-0.3, -0.25) is 4.72 Å². The van der Waals surface area contributed by atoms with E-state index in [1.165, 1.54) is 0 Å². The van der Waals surface area contributed by atoms with Crippen LogP contribution in [0.15, 0.2) is 35.4 Å². The van der Waals surface area contributed by atoms with Gasteiger partial charge in [-0.1, -0.05) is 0 Å². The fraction of sp³-hybridized carbons (Fsp3) is 0. The molecule has 2 aromatic rings. The highest BCUT2D eigenvalue weighted by Gasteiger charge is 2.18. The number of carboxylic acid groups (broad SMARTS) is 1. The molecule has 0 aliphatic heterocycles. The molecule has 1 aromatic heterocycles. The number of hydrogen-bond acceptors (Lipinski definition) is 3. The van der Waals surface area contributed by atoms with E-state index in [1.807, 2.05) is 4.72 Å². The summed E-state index contributed by atoms with van der Waals surface area (Å²) in [6.07, 6.45) is 0.978. The molecule has 0 saturated carbocycles. The predicted molar refractivity (Wildman–Crippen MR) is 64.9 cm³/mol. The molecule has 0 spiro atoms. The van der Waals surface area contributed by atoms with Crippen LogP contribution in [-0.4, -0.2) is 24.5 Å². The number of benzene rings is 1. The van der Waals surface area contributed by atoms with Gasteiger partial charge < -0.3 is 10.1 Å². The molecule has 6 nitrogen and oxygen atoms in total. The molecule has 0 amide bonds. The lowest BCUT2D eigenvalue weighted by Gasteiger charge is -2.06. The summed E-state index contributed by atoms with van der Waals surface area (Å²) in [5.41, 5.74) is -0.488. The van der Waals surface area contributed by atoms with Gasteiger partial charge in [-0.25, -0.2) is 22.0 Å². The molecule has 0 atom stereocenters. The number of carbonyl (C=O) groups is 1. The number of H-pyrrole nitrogens is 1. The molecule has 3 N–H and O–H groups in total. The van der Waals surface area contributed by atoms with Gasteiger partial charge in [0, 0.05) is 12.3 Å². The number of carboxylic acids is 1. The fourth-order valence-corrected chi connectivity index (χ4v) is 2.47. The first-order valence-corrected chi connectivity index (χ1v) is 6.67. The zero-order chi connectivity index (χ0) is 14.9. The lowest BCUT2D eigenvalue weighted by Crippen LogP contribution is -2.12. The average Bonchev–Trinajstić information content (AvgIpc) is 2.84. The highest BCUT2D eigenvalue weighted by Crippen LogP contribution is 2.19. The monoisotopic (exact) mass is 302 g/mol. The lowest BCUT2D eigenvalue weighted by atomic mass is 10.3. The molecule has 2 rings (SSSR count). The highest BCUT2D eigenvalue weighted by molar-refractivity contribution is 7.92. The Morgan fingerprint density at radius 1 is 1.20 bits per heavy atom. The topological polar surface area (TPSA) is 99.3 Å². The van der Waals surface area contributed by atoms with Crippen LogP contribution in [0.5, 0.6) is 0 Å². The first-order valence-electron chi connectivity index (χ1n) is 5.19. The smallest absolute Gasteiger partial charge is 0.352 e. The molecule has 0 fully saturated rings. The largest absolute Gasteiger partial charge is 0.477 e. The van der Waals surface area contributed by atoms with E-state index in [1.54, 1.807) is 0 Å². The summed E-state index contributed by atoms with van der Waals surface area (Å²) < 4.78 is 51.5. The van der Waals surface area contributed by atoms with Gasteiger partial charge in [0.05, 0.1) is 5.69 Å². The van der Waals surface area contributed by atoms with Crippen LogP contribution >= 0.6 is 0 Å². The van der Waals surface area contributed by atoms with E-state index in [0.29, 0.717) is 6.07 Å². The summed E-state index contributed by atoms with van der Waals surface area (Å²) in [6, 6.07) is 3.40. The SMILES string of the molecule is O=C(O)c1cc(S(=O)(=O)Nc2ccc(F)c(F)c2)c[nH]1. The van der Waals surface area contributed by atoms with Crippen LogP contribution in [0.4, 0.5) is 14.5 Å². The van der Waals surface area contributed by atoms with Gasteiger partial charge >= 0.3 is 5.97 Å². The maximum absolute atomic E-state index is 13.0. The second kappa shape index (κ2) is 4.93. The molecule has 0 aliphatic rings. The van der Waals surface area contributed by atoms with Crippen LogP contribution in [-0.2, 0) is 10.0 Å². The highest BCUT2D eigenvalue weighted by atomic mass is 32.2. The molecule has 106 valence electrons. The number of aromatic nitrogens is 1. The first kappa shape index (κ1) is 14.0. The van der Waals surface area contributed by atoms with E-state index >= 15 is 0 Å². The molecular formula is C11H8F2N2O4S. The van der Waals surface area contributed by atoms with Crippen molar-refractivity contribution in [2.45, 2.75) is 4.90 Å². The Bertz CT molecular complexity index is 770. The van der Waals surface area contributed by atoms with Crippen molar-refractivity contribution in [1.82, 2.24) is 4.98 Å². The Balaban J connectivity index is 2.30. The maximum Gasteiger partial charge on any atom is 0.352 e. The van der Waals surface area contributed by atoms with Crippen LogP contribution in [0, 0.1) is 11.6 Å². The standard InChI is InChI=1S/C11H8F2N2O4S/c12-8-2-1-6(3-9(8)13)15-20(18,19)7-4-10(11(16)17)14-5-7/h1-5,14-15H,(H,16,17). The third-order valence-corrected chi connectivity index (χ3v) is 3.73. The van der Waals surface area contributed by atoms with Gasteiger partial charge in [0.2, 0.25) is 0 Å². The van der Waals surface area contributed by atoms with Crippen LogP contribution in [0.25, 0.3) is 0 Å². The van der Waals surface area contributed by atoms with Gasteiger partial charge in [-0.15, -0.1) is 0 Å². The van der Waals surface area contributed by atoms with E-state index < -0.39 is 27.6 Å². The molecule has 0 unspecified atom stereocenters. The Labute approximate surface area is 112 Å². The van der Waals surface area contributed by atoms with Crippen LogP contribution in [0.3, 0.4) is 0 Å². The third kappa shape index (κ3) is 2.77. The zero-order valence-electron chi connectivity index (χ0n) is 9.72. The van der Waals surface area contributed by atoms with Crippen molar-refractivity contribution >= 4 is 21.7 Å². The zero-order valence-corrected chi connectivity index (χ0v) is 10.5. The number of aromatic amines is 1. The van der Waals surface area contributed by atoms with Gasteiger partial charge in [0.1, 0.15) is 10.6 Å². The molecule has 9 heteroatoms. The fourth-order valence-electron chi connectivity index (χ4n) is 1.43. The molecule has 0 saturated heterocycles. The Hall–Kier alpha value is -2.42. The summed E-state index contributed by atoms with van der Waals surface area (Å²) in [5.74, 6) is -3.63. The van der Waals surface area contributed by atoms with E-state index in [0.717, 1.165) is 24.4 Å². The number of nitrogens with one attached hydrogen (secondary N) is 2. The van der Waals surface area contributed by atoms with Crippen molar-refractivity contribution < 1.29 is 27.1 Å². The second-order valence-corrected chi connectivity index (χ2v) is 5.47. The van der Waals surface area contributed by atoms with Crippen molar-refractivity contribution in [3.63, 3.8) is 0 Å². The quantitative estimate of drug-likeness (QED) is 0.801. The summed E-state index contributed by atoms with van der Waals surface area (Å²) in [5, 5.41) is 8.68. The van der Waals surface area contributed by atoms with E-state index in [4.69, 9.17) is 5.11 Å². The number of rotatable bonds is 4. The van der Waals surface area contributed by atoms with Crippen molar-refractivity contribution in [3.05, 3.63) is 47.8 Å². The van der Waals surface area contributed by atoms with Crippen LogP contribution in [0.1, 0.15) is 10.5 Å². The molecule has 1 aromatic carbocycles. The van der Waals surface area contributed by atoms with Gasteiger partial charge in [0.25, 0.3) is 10.0 Å². The molecular weight excluding hydrogens is 294 g/mol. The summed E-state index contributed by atoms with van der Waals surface area (Å²) in [6.45, 7) is 0. The maximum atomic E-state index is 13.0. The summed E-state index contributed by atoms with van der Waals surface area (Å²) in [7, 11) is -4.09. The van der Waals surface area contributed by atoms with Crippen LogP contribution in [0.2, 0.25) is 0 Å². The Morgan fingerprint density at radius 2 is 1.90 bits per heavy atom. The average molecular weight is 302 g/mol. The van der Waals surface area contributed by atoms with Gasteiger partial charge in [-0.05, 0) is 18.2 Å². The minimum atomic E-state index is -4.09. The second-order valence-electron chi connectivity index (χ2n) is 3.79. The number of sulfonamides is 1. The van der Waals surface area contributed by atoms with Crippen molar-refractivity contribution in [2.24, 2.45) is 0 Å². The molecule has 0 bridgehead atoms. The first-order chi connectivity index (χ1) is 9.29. The van der Waals surface area contributed by atoms with Crippen LogP contribution < -0.4 is 4.72 Å². The third-order valence-electron chi connectivity index (χ3n) is 2.37. The Kier molecular flexibility index (Phi) is 3.45. The molecule has 20 heavy (non-hydrogen) atoms. The Morgan fingerprint density at radius 3 is 2.45 bits per heavy atom. The normalized spacial score (nSPS) is 11.3. The molecule has 0 radical (unpaired) electrons. The van der Waals surface area contributed by atoms with Crippen molar-refractivity contribution in [3.8, 4) is 0 Å². The van der Waals surface area contributed by atoms with E-state index in [9.17, 15) is 22.0 Å². The number of halogens is 2. The van der Waals surface area contributed by atoms with E-state index in [2.05, 4.69) is 4.98 Å².